The van der Waals surface area contributed by atoms with Gasteiger partial charge in [-0.05, 0) is 43.0 Å². The van der Waals surface area contributed by atoms with Gasteiger partial charge in [0.2, 0.25) is 5.91 Å². The van der Waals surface area contributed by atoms with Gasteiger partial charge in [0, 0.05) is 31.1 Å². The number of carbonyl (C=O) groups is 2. The summed E-state index contributed by atoms with van der Waals surface area (Å²) in [5.74, 6) is 1.35. The van der Waals surface area contributed by atoms with Gasteiger partial charge in [-0.2, -0.15) is 0 Å². The van der Waals surface area contributed by atoms with Crippen molar-refractivity contribution in [2.75, 3.05) is 20.2 Å². The molecule has 2 atom stereocenters. The molecule has 5 nitrogen and oxygen atoms in total. The third-order valence-electron chi connectivity index (χ3n) is 4.45. The van der Waals surface area contributed by atoms with Crippen molar-refractivity contribution in [3.05, 3.63) is 29.8 Å². The Hall–Kier alpha value is -2.04. The highest BCUT2D eigenvalue weighted by Crippen LogP contribution is 2.26. The smallest absolute Gasteiger partial charge is 0.253 e. The van der Waals surface area contributed by atoms with Gasteiger partial charge in [0.25, 0.3) is 5.91 Å². The summed E-state index contributed by atoms with van der Waals surface area (Å²) < 4.78 is 5.11. The molecule has 112 valence electrons. The van der Waals surface area contributed by atoms with E-state index in [1.807, 2.05) is 4.90 Å². The van der Waals surface area contributed by atoms with Crippen molar-refractivity contribution in [1.82, 2.24) is 10.2 Å². The van der Waals surface area contributed by atoms with E-state index in [0.29, 0.717) is 24.4 Å². The number of benzene rings is 1. The van der Waals surface area contributed by atoms with Gasteiger partial charge >= 0.3 is 0 Å². The second-order valence-corrected chi connectivity index (χ2v) is 5.74. The first kappa shape index (κ1) is 13.9. The Balaban J connectivity index is 1.67. The van der Waals surface area contributed by atoms with E-state index >= 15 is 0 Å². The number of piperidine rings is 2. The van der Waals surface area contributed by atoms with Crippen LogP contribution >= 0.6 is 0 Å². The van der Waals surface area contributed by atoms with E-state index in [-0.39, 0.29) is 17.9 Å². The van der Waals surface area contributed by atoms with Crippen LogP contribution in [-0.2, 0) is 4.79 Å². The molecule has 2 amide bonds. The Bertz CT molecular complexity index is 541. The fourth-order valence-corrected chi connectivity index (χ4v) is 3.21. The Kier molecular flexibility index (Phi) is 3.82. The van der Waals surface area contributed by atoms with Gasteiger partial charge in [-0.1, -0.05) is 0 Å². The summed E-state index contributed by atoms with van der Waals surface area (Å²) in [6, 6.07) is 7.46. The maximum Gasteiger partial charge on any atom is 0.253 e. The van der Waals surface area contributed by atoms with Crippen LogP contribution in [0.25, 0.3) is 0 Å². The van der Waals surface area contributed by atoms with Crippen molar-refractivity contribution in [2.45, 2.75) is 25.3 Å². The lowest BCUT2D eigenvalue weighted by molar-refractivity contribution is -0.125. The molecule has 1 aromatic carbocycles. The summed E-state index contributed by atoms with van der Waals surface area (Å²) in [6.45, 7) is 1.43. The number of nitrogens with zero attached hydrogens (tertiary/aromatic N) is 1. The molecule has 2 saturated heterocycles. The SMILES string of the molecule is COc1ccc(C(=O)N2CCC3NC(=O)CCC3C2)cc1. The number of likely N-dealkylation sites (tertiary alicyclic amines) is 1. The molecule has 2 aliphatic heterocycles. The van der Waals surface area contributed by atoms with Gasteiger partial charge in [-0.25, -0.2) is 0 Å². The molecule has 2 unspecified atom stereocenters. The van der Waals surface area contributed by atoms with E-state index in [2.05, 4.69) is 5.32 Å². The monoisotopic (exact) mass is 288 g/mol. The minimum absolute atomic E-state index is 0.0630. The zero-order chi connectivity index (χ0) is 14.8. The van der Waals surface area contributed by atoms with Crippen LogP contribution in [0.1, 0.15) is 29.6 Å². The van der Waals surface area contributed by atoms with E-state index < -0.39 is 0 Å². The third-order valence-corrected chi connectivity index (χ3v) is 4.45. The second kappa shape index (κ2) is 5.76. The van der Waals surface area contributed by atoms with Gasteiger partial charge in [-0.15, -0.1) is 0 Å². The minimum Gasteiger partial charge on any atom is -0.497 e. The summed E-state index contributed by atoms with van der Waals surface area (Å²) in [4.78, 5) is 25.9. The highest BCUT2D eigenvalue weighted by molar-refractivity contribution is 5.94. The molecule has 0 aliphatic carbocycles. The normalized spacial score (nSPS) is 25.0. The van der Waals surface area contributed by atoms with Crippen molar-refractivity contribution in [2.24, 2.45) is 5.92 Å². The number of carbonyl (C=O) groups excluding carboxylic acids is 2. The summed E-state index contributed by atoms with van der Waals surface area (Å²) >= 11 is 0. The highest BCUT2D eigenvalue weighted by atomic mass is 16.5. The van der Waals surface area contributed by atoms with Gasteiger partial charge in [0.15, 0.2) is 0 Å². The quantitative estimate of drug-likeness (QED) is 0.896. The molecule has 1 aromatic rings. The molecule has 0 radical (unpaired) electrons. The van der Waals surface area contributed by atoms with E-state index in [9.17, 15) is 9.59 Å². The van der Waals surface area contributed by atoms with Crippen LogP contribution in [0.3, 0.4) is 0 Å². The van der Waals surface area contributed by atoms with Crippen LogP contribution in [-0.4, -0.2) is 43.0 Å². The van der Waals surface area contributed by atoms with Crippen molar-refractivity contribution >= 4 is 11.8 Å². The minimum atomic E-state index is 0.0630. The molecular formula is C16H20N2O3. The number of hydrogen-bond donors (Lipinski definition) is 1. The zero-order valence-corrected chi connectivity index (χ0v) is 12.2. The van der Waals surface area contributed by atoms with Crippen molar-refractivity contribution < 1.29 is 14.3 Å². The Labute approximate surface area is 124 Å². The van der Waals surface area contributed by atoms with Crippen molar-refractivity contribution in [1.29, 1.82) is 0 Å². The summed E-state index contributed by atoms with van der Waals surface area (Å²) in [7, 11) is 1.61. The molecule has 3 rings (SSSR count). The lowest BCUT2D eigenvalue weighted by Crippen LogP contribution is -2.55. The van der Waals surface area contributed by atoms with Crippen LogP contribution in [0.2, 0.25) is 0 Å². The van der Waals surface area contributed by atoms with E-state index in [1.165, 1.54) is 0 Å². The van der Waals surface area contributed by atoms with Crippen LogP contribution in [0.15, 0.2) is 24.3 Å². The molecular weight excluding hydrogens is 268 g/mol. The lowest BCUT2D eigenvalue weighted by atomic mass is 9.85. The number of amides is 2. The fourth-order valence-electron chi connectivity index (χ4n) is 3.21. The molecule has 21 heavy (non-hydrogen) atoms. The maximum atomic E-state index is 12.5. The molecule has 0 saturated carbocycles. The molecule has 1 N–H and O–H groups in total. The first-order valence-corrected chi connectivity index (χ1v) is 7.40. The number of rotatable bonds is 2. The lowest BCUT2D eigenvalue weighted by Gasteiger charge is -2.41. The molecule has 0 bridgehead atoms. The average Bonchev–Trinajstić information content (AvgIpc) is 2.53. The average molecular weight is 288 g/mol. The first-order valence-electron chi connectivity index (χ1n) is 7.40. The van der Waals surface area contributed by atoms with Crippen LogP contribution < -0.4 is 10.1 Å². The zero-order valence-electron chi connectivity index (χ0n) is 12.2. The molecule has 2 heterocycles. The van der Waals surface area contributed by atoms with E-state index in [4.69, 9.17) is 4.74 Å². The number of methoxy groups -OCH3 is 1. The van der Waals surface area contributed by atoms with Crippen molar-refractivity contribution in [3.8, 4) is 5.75 Å². The standard InChI is InChI=1S/C16H20N2O3/c1-21-13-5-2-11(3-6-13)16(20)18-9-8-14-12(10-18)4-7-15(19)17-14/h2-3,5-6,12,14H,4,7-10H2,1H3,(H,17,19). The topological polar surface area (TPSA) is 58.6 Å². The predicted molar refractivity (Wildman–Crippen MR) is 78.2 cm³/mol. The van der Waals surface area contributed by atoms with Crippen LogP contribution in [0.4, 0.5) is 0 Å². The van der Waals surface area contributed by atoms with Gasteiger partial charge in [0.05, 0.1) is 7.11 Å². The number of fused-ring (bicyclic) bond motifs is 1. The predicted octanol–water partition coefficient (Wildman–Crippen LogP) is 1.44. The van der Waals surface area contributed by atoms with E-state index in [0.717, 1.165) is 25.1 Å². The van der Waals surface area contributed by atoms with Gasteiger partial charge < -0.3 is 15.0 Å². The number of nitrogens with one attached hydrogen (secondary N) is 1. The first-order chi connectivity index (χ1) is 10.2. The van der Waals surface area contributed by atoms with E-state index in [1.54, 1.807) is 31.4 Å². The highest BCUT2D eigenvalue weighted by Gasteiger charge is 2.35. The molecule has 2 aliphatic rings. The molecule has 5 heteroatoms. The number of hydrogen-bond acceptors (Lipinski definition) is 3. The number of ether oxygens (including phenoxy) is 1. The Morgan fingerprint density at radius 3 is 2.76 bits per heavy atom. The Morgan fingerprint density at radius 1 is 1.29 bits per heavy atom. The largest absolute Gasteiger partial charge is 0.497 e. The van der Waals surface area contributed by atoms with Crippen LogP contribution in [0.5, 0.6) is 5.75 Å². The third kappa shape index (κ3) is 2.86. The van der Waals surface area contributed by atoms with Gasteiger partial charge in [-0.3, -0.25) is 9.59 Å². The second-order valence-electron chi connectivity index (χ2n) is 5.74. The molecule has 0 spiro atoms. The summed E-state index contributed by atoms with van der Waals surface area (Å²) in [5, 5.41) is 3.04. The maximum absolute atomic E-state index is 12.5. The van der Waals surface area contributed by atoms with Crippen LogP contribution in [0, 0.1) is 5.92 Å². The molecule has 2 fully saturated rings. The fraction of sp³-hybridized carbons (Fsp3) is 0.500. The molecule has 0 aromatic heterocycles. The van der Waals surface area contributed by atoms with Crippen molar-refractivity contribution in [3.63, 3.8) is 0 Å². The summed E-state index contributed by atoms with van der Waals surface area (Å²) in [6.07, 6.45) is 2.30. The van der Waals surface area contributed by atoms with Gasteiger partial charge in [0.1, 0.15) is 5.75 Å². The Morgan fingerprint density at radius 2 is 2.05 bits per heavy atom. The summed E-state index contributed by atoms with van der Waals surface area (Å²) in [5.41, 5.74) is 0.689.